The highest BCUT2D eigenvalue weighted by atomic mass is 35.5. The van der Waals surface area contributed by atoms with Crippen molar-refractivity contribution in [2.45, 2.75) is 18.9 Å². The van der Waals surface area contributed by atoms with Gasteiger partial charge in [-0.05, 0) is 19.4 Å². The number of hydrogen-bond acceptors (Lipinski definition) is 4. The third-order valence-electron chi connectivity index (χ3n) is 2.60. The summed E-state index contributed by atoms with van der Waals surface area (Å²) in [6.07, 6.45) is 5.75. The molecule has 1 aromatic heterocycles. The van der Waals surface area contributed by atoms with Crippen LogP contribution in [-0.2, 0) is 0 Å². The molecule has 0 aromatic carbocycles. The van der Waals surface area contributed by atoms with Crippen LogP contribution in [0.2, 0.25) is 5.02 Å². The van der Waals surface area contributed by atoms with E-state index in [0.29, 0.717) is 11.1 Å². The second kappa shape index (κ2) is 6.23. The van der Waals surface area contributed by atoms with Crippen LogP contribution in [0, 0.1) is 0 Å². The standard InChI is InChI=1S/C10H15ClN4.ClH/c1-15(7-9-3-2-4-12-9)10-13-5-8(11)6-14-10;/h5-6,9,12H,2-4,7H2,1H3;1H. The van der Waals surface area contributed by atoms with E-state index in [0.717, 1.165) is 19.0 Å². The molecule has 0 spiro atoms. The molecule has 2 heterocycles. The first-order valence-electron chi connectivity index (χ1n) is 5.18. The highest BCUT2D eigenvalue weighted by molar-refractivity contribution is 6.30. The van der Waals surface area contributed by atoms with Crippen molar-refractivity contribution in [1.82, 2.24) is 15.3 Å². The zero-order valence-electron chi connectivity index (χ0n) is 9.19. The second-order valence-corrected chi connectivity index (χ2v) is 4.31. The Morgan fingerprint density at radius 3 is 2.75 bits per heavy atom. The summed E-state index contributed by atoms with van der Waals surface area (Å²) in [5.41, 5.74) is 0. The van der Waals surface area contributed by atoms with Crippen LogP contribution in [0.25, 0.3) is 0 Å². The van der Waals surface area contributed by atoms with E-state index in [1.165, 1.54) is 12.8 Å². The molecule has 1 unspecified atom stereocenters. The number of anilines is 1. The fourth-order valence-corrected chi connectivity index (χ4v) is 1.92. The highest BCUT2D eigenvalue weighted by Crippen LogP contribution is 2.11. The molecule has 4 nitrogen and oxygen atoms in total. The largest absolute Gasteiger partial charge is 0.342 e. The molecule has 0 bridgehead atoms. The number of nitrogens with one attached hydrogen (secondary N) is 1. The second-order valence-electron chi connectivity index (χ2n) is 3.88. The van der Waals surface area contributed by atoms with Gasteiger partial charge in [0, 0.05) is 19.6 Å². The van der Waals surface area contributed by atoms with Gasteiger partial charge < -0.3 is 10.2 Å². The van der Waals surface area contributed by atoms with Gasteiger partial charge in [0.2, 0.25) is 5.95 Å². The summed E-state index contributed by atoms with van der Waals surface area (Å²) in [6.45, 7) is 2.07. The first-order valence-corrected chi connectivity index (χ1v) is 5.55. The summed E-state index contributed by atoms with van der Waals surface area (Å²) >= 11 is 5.73. The molecule has 1 aliphatic heterocycles. The Morgan fingerprint density at radius 1 is 1.50 bits per heavy atom. The lowest BCUT2D eigenvalue weighted by molar-refractivity contribution is 0.594. The number of rotatable bonds is 3. The number of hydrogen-bond donors (Lipinski definition) is 1. The van der Waals surface area contributed by atoms with Crippen LogP contribution in [0.15, 0.2) is 12.4 Å². The van der Waals surface area contributed by atoms with Gasteiger partial charge in [-0.3, -0.25) is 0 Å². The van der Waals surface area contributed by atoms with Gasteiger partial charge in [-0.1, -0.05) is 11.6 Å². The summed E-state index contributed by atoms with van der Waals surface area (Å²) < 4.78 is 0. The molecule has 0 radical (unpaired) electrons. The van der Waals surface area contributed by atoms with E-state index >= 15 is 0 Å². The van der Waals surface area contributed by atoms with Gasteiger partial charge in [-0.15, -0.1) is 12.4 Å². The molecule has 2 rings (SSSR count). The van der Waals surface area contributed by atoms with Gasteiger partial charge in [0.15, 0.2) is 0 Å². The molecule has 6 heteroatoms. The van der Waals surface area contributed by atoms with Crippen LogP contribution in [0.5, 0.6) is 0 Å². The molecule has 0 saturated carbocycles. The number of nitrogens with zero attached hydrogens (tertiary/aromatic N) is 3. The average molecular weight is 263 g/mol. The van der Waals surface area contributed by atoms with E-state index < -0.39 is 0 Å². The smallest absolute Gasteiger partial charge is 0.225 e. The zero-order chi connectivity index (χ0) is 10.7. The van der Waals surface area contributed by atoms with Crippen molar-refractivity contribution in [2.75, 3.05) is 25.0 Å². The maximum absolute atomic E-state index is 5.73. The van der Waals surface area contributed by atoms with Crippen LogP contribution in [0.4, 0.5) is 5.95 Å². The third-order valence-corrected chi connectivity index (χ3v) is 2.80. The lowest BCUT2D eigenvalue weighted by Crippen LogP contribution is -2.36. The first kappa shape index (κ1) is 13.5. The summed E-state index contributed by atoms with van der Waals surface area (Å²) in [5.74, 6) is 0.730. The molecule has 1 atom stereocenters. The minimum absolute atomic E-state index is 0. The fourth-order valence-electron chi connectivity index (χ4n) is 1.83. The lowest BCUT2D eigenvalue weighted by atomic mass is 10.2. The van der Waals surface area contributed by atoms with E-state index in [4.69, 9.17) is 11.6 Å². The lowest BCUT2D eigenvalue weighted by Gasteiger charge is -2.20. The predicted molar refractivity (Wildman–Crippen MR) is 68.6 cm³/mol. The Labute approximate surface area is 107 Å². The molecule has 16 heavy (non-hydrogen) atoms. The van der Waals surface area contributed by atoms with Gasteiger partial charge >= 0.3 is 0 Å². The fraction of sp³-hybridized carbons (Fsp3) is 0.600. The van der Waals surface area contributed by atoms with Gasteiger partial charge in [0.05, 0.1) is 17.4 Å². The van der Waals surface area contributed by atoms with Crippen LogP contribution >= 0.6 is 24.0 Å². The highest BCUT2D eigenvalue weighted by Gasteiger charge is 2.16. The maximum atomic E-state index is 5.73. The Morgan fingerprint density at radius 2 is 2.19 bits per heavy atom. The van der Waals surface area contributed by atoms with Crippen molar-refractivity contribution in [2.24, 2.45) is 0 Å². The monoisotopic (exact) mass is 262 g/mol. The Balaban J connectivity index is 0.00000128. The minimum atomic E-state index is 0. The van der Waals surface area contributed by atoms with Crippen molar-refractivity contribution in [3.05, 3.63) is 17.4 Å². The molecule has 1 saturated heterocycles. The molecule has 1 aliphatic rings. The molecular formula is C10H16Cl2N4. The maximum Gasteiger partial charge on any atom is 0.225 e. The summed E-state index contributed by atoms with van der Waals surface area (Å²) in [5, 5.41) is 4.02. The normalized spacial score (nSPS) is 19.2. The van der Waals surface area contributed by atoms with E-state index in [1.54, 1.807) is 12.4 Å². The Hall–Kier alpha value is -0.580. The van der Waals surface area contributed by atoms with Crippen molar-refractivity contribution in [1.29, 1.82) is 0 Å². The van der Waals surface area contributed by atoms with E-state index in [9.17, 15) is 0 Å². The number of aromatic nitrogens is 2. The van der Waals surface area contributed by atoms with Crippen molar-refractivity contribution in [3.63, 3.8) is 0 Å². The Kier molecular flexibility index (Phi) is 5.25. The van der Waals surface area contributed by atoms with Crippen LogP contribution in [0.3, 0.4) is 0 Å². The van der Waals surface area contributed by atoms with Crippen LogP contribution in [0.1, 0.15) is 12.8 Å². The predicted octanol–water partition coefficient (Wildman–Crippen LogP) is 1.74. The zero-order valence-corrected chi connectivity index (χ0v) is 10.8. The molecule has 0 aliphatic carbocycles. The van der Waals surface area contributed by atoms with E-state index in [2.05, 4.69) is 20.2 Å². The molecule has 90 valence electrons. The summed E-state index contributed by atoms with van der Waals surface area (Å²) in [7, 11) is 2.00. The molecule has 1 aromatic rings. The third kappa shape index (κ3) is 3.47. The average Bonchev–Trinajstić information content (AvgIpc) is 2.71. The van der Waals surface area contributed by atoms with Gasteiger partial charge in [-0.25, -0.2) is 9.97 Å². The summed E-state index contributed by atoms with van der Waals surface area (Å²) in [6, 6.07) is 0.564. The van der Waals surface area contributed by atoms with Gasteiger partial charge in [0.25, 0.3) is 0 Å². The van der Waals surface area contributed by atoms with Gasteiger partial charge in [-0.2, -0.15) is 0 Å². The number of halogens is 2. The topological polar surface area (TPSA) is 41.0 Å². The molecule has 1 fully saturated rings. The van der Waals surface area contributed by atoms with Crippen molar-refractivity contribution >= 4 is 30.0 Å². The van der Waals surface area contributed by atoms with E-state index in [-0.39, 0.29) is 12.4 Å². The Bertz CT molecular complexity index is 311. The molecule has 1 N–H and O–H groups in total. The van der Waals surface area contributed by atoms with Crippen LogP contribution < -0.4 is 10.2 Å². The van der Waals surface area contributed by atoms with Crippen molar-refractivity contribution in [3.8, 4) is 0 Å². The molecular weight excluding hydrogens is 247 g/mol. The SMILES string of the molecule is CN(CC1CCCN1)c1ncc(Cl)cn1.Cl. The number of likely N-dealkylation sites (N-methyl/N-ethyl adjacent to an activating group) is 1. The van der Waals surface area contributed by atoms with Crippen LogP contribution in [-0.4, -0.2) is 36.1 Å². The van der Waals surface area contributed by atoms with Gasteiger partial charge in [0.1, 0.15) is 0 Å². The summed E-state index contributed by atoms with van der Waals surface area (Å²) in [4.78, 5) is 10.4. The first-order chi connectivity index (χ1) is 7.25. The van der Waals surface area contributed by atoms with E-state index in [1.807, 2.05) is 7.05 Å². The minimum Gasteiger partial charge on any atom is -0.342 e. The van der Waals surface area contributed by atoms with Crippen molar-refractivity contribution < 1.29 is 0 Å². The quantitative estimate of drug-likeness (QED) is 0.901. The molecule has 0 amide bonds.